The van der Waals surface area contributed by atoms with E-state index in [1.54, 1.807) is 0 Å². The molecule has 1 aliphatic heterocycles. The standard InChI is InChI=1S/C6H13NO3S/c7-6(1-3-8)2-4-11(9,10)5-6/h8H,1-5,7H2. The van der Waals surface area contributed by atoms with Gasteiger partial charge >= 0.3 is 0 Å². The molecule has 5 heteroatoms. The van der Waals surface area contributed by atoms with E-state index in [9.17, 15) is 8.42 Å². The van der Waals surface area contributed by atoms with Gasteiger partial charge in [-0.05, 0) is 12.8 Å². The molecule has 0 aromatic carbocycles. The first-order valence-electron chi connectivity index (χ1n) is 3.58. The number of hydrogen-bond donors (Lipinski definition) is 2. The van der Waals surface area contributed by atoms with Gasteiger partial charge in [-0.1, -0.05) is 0 Å². The molecule has 4 nitrogen and oxygen atoms in total. The van der Waals surface area contributed by atoms with Crippen LogP contribution in [0.5, 0.6) is 0 Å². The first kappa shape index (κ1) is 8.96. The van der Waals surface area contributed by atoms with Gasteiger partial charge in [0.25, 0.3) is 0 Å². The van der Waals surface area contributed by atoms with E-state index in [0.717, 1.165) is 0 Å². The molecule has 3 N–H and O–H groups in total. The van der Waals surface area contributed by atoms with E-state index >= 15 is 0 Å². The maximum absolute atomic E-state index is 11.0. The summed E-state index contributed by atoms with van der Waals surface area (Å²) in [6, 6.07) is 0. The lowest BCUT2D eigenvalue weighted by Gasteiger charge is -2.19. The molecule has 0 aromatic rings. The Morgan fingerprint density at radius 1 is 1.55 bits per heavy atom. The van der Waals surface area contributed by atoms with Gasteiger partial charge in [-0.25, -0.2) is 8.42 Å². The number of aliphatic hydroxyl groups is 1. The van der Waals surface area contributed by atoms with Gasteiger partial charge in [0.15, 0.2) is 9.84 Å². The van der Waals surface area contributed by atoms with Gasteiger partial charge < -0.3 is 10.8 Å². The number of hydrogen-bond acceptors (Lipinski definition) is 4. The summed E-state index contributed by atoms with van der Waals surface area (Å²) < 4.78 is 21.9. The van der Waals surface area contributed by atoms with Crippen LogP contribution < -0.4 is 5.73 Å². The van der Waals surface area contributed by atoms with E-state index in [1.165, 1.54) is 0 Å². The molecule has 1 heterocycles. The molecule has 11 heavy (non-hydrogen) atoms. The van der Waals surface area contributed by atoms with Gasteiger partial charge in [-0.3, -0.25) is 0 Å². The lowest BCUT2D eigenvalue weighted by Crippen LogP contribution is -2.41. The predicted octanol–water partition coefficient (Wildman–Crippen LogP) is -1.12. The van der Waals surface area contributed by atoms with Crippen molar-refractivity contribution >= 4 is 9.84 Å². The Hall–Kier alpha value is -0.130. The third-order valence-corrected chi connectivity index (χ3v) is 3.87. The highest BCUT2D eigenvalue weighted by Gasteiger charge is 2.38. The molecule has 0 spiro atoms. The molecule has 1 rings (SSSR count). The van der Waals surface area contributed by atoms with Gasteiger partial charge in [-0.15, -0.1) is 0 Å². The Balaban J connectivity index is 2.65. The summed E-state index contributed by atoms with van der Waals surface area (Å²) in [5, 5.41) is 8.59. The second kappa shape index (κ2) is 2.73. The number of rotatable bonds is 2. The number of aliphatic hydroxyl groups excluding tert-OH is 1. The third-order valence-electron chi connectivity index (χ3n) is 2.03. The maximum atomic E-state index is 11.0. The molecule has 1 unspecified atom stereocenters. The van der Waals surface area contributed by atoms with Crippen molar-refractivity contribution in [1.82, 2.24) is 0 Å². The SMILES string of the molecule is NC1(CCO)CCS(=O)(=O)C1. The molecule has 0 amide bonds. The summed E-state index contributed by atoms with van der Waals surface area (Å²) in [5.41, 5.74) is 5.05. The van der Waals surface area contributed by atoms with Crippen LogP contribution in [0.1, 0.15) is 12.8 Å². The fraction of sp³-hybridized carbons (Fsp3) is 1.00. The minimum atomic E-state index is -2.91. The summed E-state index contributed by atoms with van der Waals surface area (Å²) in [4.78, 5) is 0. The van der Waals surface area contributed by atoms with Crippen molar-refractivity contribution in [3.05, 3.63) is 0 Å². The molecule has 1 atom stereocenters. The summed E-state index contributed by atoms with van der Waals surface area (Å²) in [6.07, 6.45) is 0.863. The van der Waals surface area contributed by atoms with Crippen LogP contribution in [0.3, 0.4) is 0 Å². The highest BCUT2D eigenvalue weighted by molar-refractivity contribution is 7.91. The molecule has 66 valence electrons. The van der Waals surface area contributed by atoms with E-state index in [4.69, 9.17) is 10.8 Å². The fourth-order valence-electron chi connectivity index (χ4n) is 1.36. The Labute approximate surface area is 66.3 Å². The number of sulfone groups is 1. The van der Waals surface area contributed by atoms with Crippen molar-refractivity contribution < 1.29 is 13.5 Å². The van der Waals surface area contributed by atoms with Gasteiger partial charge in [0, 0.05) is 12.1 Å². The summed E-state index contributed by atoms with van der Waals surface area (Å²) in [5.74, 6) is 0.198. The molecule has 0 aromatic heterocycles. The van der Waals surface area contributed by atoms with Gasteiger partial charge in [0.2, 0.25) is 0 Å². The summed E-state index contributed by atoms with van der Waals surface area (Å²) in [6.45, 7) is -0.0357. The van der Waals surface area contributed by atoms with Crippen molar-refractivity contribution in [1.29, 1.82) is 0 Å². The van der Waals surface area contributed by atoms with Crippen LogP contribution in [-0.2, 0) is 9.84 Å². The van der Waals surface area contributed by atoms with E-state index in [2.05, 4.69) is 0 Å². The van der Waals surface area contributed by atoms with Crippen LogP contribution in [-0.4, -0.2) is 37.2 Å². The fourth-order valence-corrected chi connectivity index (χ4v) is 3.39. The number of nitrogens with two attached hydrogens (primary N) is 1. The van der Waals surface area contributed by atoms with Gasteiger partial charge in [0.05, 0.1) is 11.5 Å². The Bertz CT molecular complexity index is 236. The average Bonchev–Trinajstić information content (AvgIpc) is 2.07. The summed E-state index contributed by atoms with van der Waals surface area (Å²) in [7, 11) is -2.91. The van der Waals surface area contributed by atoms with Gasteiger partial charge in [-0.2, -0.15) is 0 Å². The largest absolute Gasteiger partial charge is 0.396 e. The molecule has 0 saturated carbocycles. The zero-order chi connectivity index (χ0) is 8.54. The molecular weight excluding hydrogens is 166 g/mol. The monoisotopic (exact) mass is 179 g/mol. The van der Waals surface area contributed by atoms with Crippen LogP contribution in [0.15, 0.2) is 0 Å². The predicted molar refractivity (Wildman–Crippen MR) is 41.9 cm³/mol. The van der Waals surface area contributed by atoms with Crippen molar-refractivity contribution in [2.24, 2.45) is 5.73 Å². The topological polar surface area (TPSA) is 80.4 Å². The normalized spacial score (nSPS) is 35.8. The lowest BCUT2D eigenvalue weighted by atomic mass is 9.97. The van der Waals surface area contributed by atoms with Crippen LogP contribution in [0.25, 0.3) is 0 Å². The van der Waals surface area contributed by atoms with Crippen molar-refractivity contribution in [3.8, 4) is 0 Å². The molecule has 1 aliphatic rings. The van der Waals surface area contributed by atoms with Crippen molar-refractivity contribution in [2.45, 2.75) is 18.4 Å². The van der Waals surface area contributed by atoms with Crippen LogP contribution in [0.2, 0.25) is 0 Å². The zero-order valence-electron chi connectivity index (χ0n) is 6.28. The van der Waals surface area contributed by atoms with E-state index in [1.807, 2.05) is 0 Å². The second-order valence-electron chi connectivity index (χ2n) is 3.18. The molecule has 0 radical (unpaired) electrons. The Morgan fingerprint density at radius 3 is 2.55 bits per heavy atom. The molecule has 1 saturated heterocycles. The molecule has 0 aliphatic carbocycles. The molecule has 0 bridgehead atoms. The van der Waals surface area contributed by atoms with Crippen molar-refractivity contribution in [3.63, 3.8) is 0 Å². The zero-order valence-corrected chi connectivity index (χ0v) is 7.10. The van der Waals surface area contributed by atoms with Crippen LogP contribution in [0, 0.1) is 0 Å². The highest BCUT2D eigenvalue weighted by atomic mass is 32.2. The Kier molecular flexibility index (Phi) is 2.22. The molecule has 1 fully saturated rings. The minimum Gasteiger partial charge on any atom is -0.396 e. The van der Waals surface area contributed by atoms with E-state index in [0.29, 0.717) is 12.8 Å². The summed E-state index contributed by atoms with van der Waals surface area (Å²) >= 11 is 0. The van der Waals surface area contributed by atoms with Gasteiger partial charge in [0.1, 0.15) is 0 Å². The average molecular weight is 179 g/mol. The van der Waals surface area contributed by atoms with E-state index in [-0.39, 0.29) is 18.1 Å². The molecular formula is C6H13NO3S. The minimum absolute atomic E-state index is 0.0283. The maximum Gasteiger partial charge on any atom is 0.152 e. The first-order valence-corrected chi connectivity index (χ1v) is 5.40. The Morgan fingerprint density at radius 2 is 2.18 bits per heavy atom. The first-order chi connectivity index (χ1) is 4.97. The second-order valence-corrected chi connectivity index (χ2v) is 5.36. The van der Waals surface area contributed by atoms with Crippen LogP contribution >= 0.6 is 0 Å². The van der Waals surface area contributed by atoms with Crippen molar-refractivity contribution in [2.75, 3.05) is 18.1 Å². The van der Waals surface area contributed by atoms with E-state index < -0.39 is 15.4 Å². The quantitative estimate of drug-likeness (QED) is 0.563. The smallest absolute Gasteiger partial charge is 0.152 e. The lowest BCUT2D eigenvalue weighted by molar-refractivity contribution is 0.248. The highest BCUT2D eigenvalue weighted by Crippen LogP contribution is 2.23. The van der Waals surface area contributed by atoms with Crippen LogP contribution in [0.4, 0.5) is 0 Å². The third kappa shape index (κ3) is 2.15.